The van der Waals surface area contributed by atoms with Crippen molar-refractivity contribution in [2.45, 2.75) is 45.1 Å². The number of guanidine groups is 1. The first kappa shape index (κ1) is 16.0. The van der Waals surface area contributed by atoms with Crippen LogP contribution in [0.1, 0.15) is 39.2 Å². The second-order valence-electron chi connectivity index (χ2n) is 6.86. The number of nitrogens with one attached hydrogen (secondary N) is 2. The lowest BCUT2D eigenvalue weighted by atomic mass is 9.84. The van der Waals surface area contributed by atoms with E-state index >= 15 is 0 Å². The molecule has 0 amide bonds. The molecule has 0 radical (unpaired) electrons. The predicted octanol–water partition coefficient (Wildman–Crippen LogP) is 2.45. The summed E-state index contributed by atoms with van der Waals surface area (Å²) in [5.41, 5.74) is 1.15. The van der Waals surface area contributed by atoms with Gasteiger partial charge < -0.3 is 20.1 Å². The summed E-state index contributed by atoms with van der Waals surface area (Å²) in [5, 5.41) is 6.78. The summed E-state index contributed by atoms with van der Waals surface area (Å²) < 4.78 is 11.3. The lowest BCUT2D eigenvalue weighted by Gasteiger charge is -2.26. The van der Waals surface area contributed by atoms with Gasteiger partial charge in [-0.05, 0) is 37.5 Å². The first-order valence-corrected chi connectivity index (χ1v) is 8.53. The minimum atomic E-state index is -0.0677. The molecule has 1 aromatic carbocycles. The van der Waals surface area contributed by atoms with Gasteiger partial charge in [0.15, 0.2) is 17.5 Å². The molecule has 0 saturated heterocycles. The molecule has 3 rings (SSSR count). The number of rotatable bonds is 5. The molecule has 1 heterocycles. The van der Waals surface area contributed by atoms with E-state index in [4.69, 9.17) is 14.5 Å². The van der Waals surface area contributed by atoms with Gasteiger partial charge in [0.05, 0.1) is 6.54 Å². The van der Waals surface area contributed by atoms with Crippen LogP contribution < -0.4 is 20.1 Å². The standard InChI is InChI=1S/C18H27N3O2/c1-4-19-17(21-14-6-7-14)20-12-18(2,3)13-5-8-15-16(11-13)23-10-9-22-15/h5,8,11,14H,4,6-7,9-10,12H2,1-3H3,(H2,19,20,21). The third-order valence-electron chi connectivity index (χ3n) is 4.22. The summed E-state index contributed by atoms with van der Waals surface area (Å²) in [5.74, 6) is 2.59. The van der Waals surface area contributed by atoms with E-state index in [2.05, 4.69) is 43.5 Å². The number of fused-ring (bicyclic) bond motifs is 1. The Labute approximate surface area is 138 Å². The molecule has 23 heavy (non-hydrogen) atoms. The number of hydrogen-bond acceptors (Lipinski definition) is 3. The third-order valence-corrected chi connectivity index (χ3v) is 4.22. The Balaban J connectivity index is 1.71. The molecule has 2 aliphatic rings. The van der Waals surface area contributed by atoms with Crippen LogP contribution >= 0.6 is 0 Å². The molecule has 1 saturated carbocycles. The molecule has 1 fully saturated rings. The van der Waals surface area contributed by atoms with E-state index in [1.54, 1.807) is 0 Å². The fraction of sp³-hybridized carbons (Fsp3) is 0.611. The number of nitrogens with zero attached hydrogens (tertiary/aromatic N) is 1. The largest absolute Gasteiger partial charge is 0.486 e. The van der Waals surface area contributed by atoms with E-state index in [0.717, 1.165) is 24.0 Å². The molecule has 1 aromatic rings. The van der Waals surface area contributed by atoms with E-state index in [-0.39, 0.29) is 5.41 Å². The van der Waals surface area contributed by atoms with Crippen molar-refractivity contribution in [2.24, 2.45) is 4.99 Å². The molecule has 0 atom stereocenters. The van der Waals surface area contributed by atoms with Crippen molar-refractivity contribution in [1.82, 2.24) is 10.6 Å². The molecule has 0 bridgehead atoms. The maximum absolute atomic E-state index is 5.70. The molecule has 1 aliphatic heterocycles. The summed E-state index contributed by atoms with van der Waals surface area (Å²) in [6.45, 7) is 9.35. The van der Waals surface area contributed by atoms with Gasteiger partial charge >= 0.3 is 0 Å². The van der Waals surface area contributed by atoms with Crippen LogP contribution in [0.2, 0.25) is 0 Å². The molecule has 126 valence electrons. The number of ether oxygens (including phenoxy) is 2. The molecular formula is C18H27N3O2. The van der Waals surface area contributed by atoms with Gasteiger partial charge in [0.25, 0.3) is 0 Å². The van der Waals surface area contributed by atoms with Crippen molar-refractivity contribution in [3.05, 3.63) is 23.8 Å². The summed E-state index contributed by atoms with van der Waals surface area (Å²) in [7, 11) is 0. The van der Waals surface area contributed by atoms with Crippen molar-refractivity contribution in [1.29, 1.82) is 0 Å². The van der Waals surface area contributed by atoms with Crippen molar-refractivity contribution < 1.29 is 9.47 Å². The minimum absolute atomic E-state index is 0.0677. The first-order valence-electron chi connectivity index (χ1n) is 8.53. The molecule has 0 aromatic heterocycles. The van der Waals surface area contributed by atoms with Crippen molar-refractivity contribution in [2.75, 3.05) is 26.3 Å². The van der Waals surface area contributed by atoms with E-state index in [1.165, 1.54) is 18.4 Å². The Kier molecular flexibility index (Phi) is 4.64. The van der Waals surface area contributed by atoms with Crippen LogP contribution in [0, 0.1) is 0 Å². The molecule has 0 unspecified atom stereocenters. The maximum atomic E-state index is 5.70. The van der Waals surface area contributed by atoms with E-state index in [0.29, 0.717) is 25.8 Å². The second-order valence-corrected chi connectivity index (χ2v) is 6.86. The number of benzene rings is 1. The average Bonchev–Trinajstić information content (AvgIpc) is 3.36. The van der Waals surface area contributed by atoms with Crippen LogP contribution in [-0.4, -0.2) is 38.3 Å². The minimum Gasteiger partial charge on any atom is -0.486 e. The van der Waals surface area contributed by atoms with E-state index < -0.39 is 0 Å². The topological polar surface area (TPSA) is 54.9 Å². The first-order chi connectivity index (χ1) is 11.1. The Morgan fingerprint density at radius 3 is 2.65 bits per heavy atom. The average molecular weight is 317 g/mol. The second kappa shape index (κ2) is 6.69. The van der Waals surface area contributed by atoms with Crippen LogP contribution in [0.4, 0.5) is 0 Å². The zero-order valence-corrected chi connectivity index (χ0v) is 14.3. The van der Waals surface area contributed by atoms with Gasteiger partial charge in [0, 0.05) is 18.0 Å². The SMILES string of the molecule is CCNC(=NCC(C)(C)c1ccc2c(c1)OCCO2)NC1CC1. The molecular weight excluding hydrogens is 290 g/mol. The highest BCUT2D eigenvalue weighted by Crippen LogP contribution is 2.35. The molecule has 2 N–H and O–H groups in total. The van der Waals surface area contributed by atoms with Crippen LogP contribution in [0.3, 0.4) is 0 Å². The Morgan fingerprint density at radius 2 is 1.96 bits per heavy atom. The highest BCUT2D eigenvalue weighted by Gasteiger charge is 2.25. The van der Waals surface area contributed by atoms with Gasteiger partial charge in [0.2, 0.25) is 0 Å². The normalized spacial score (nSPS) is 17.8. The molecule has 5 nitrogen and oxygen atoms in total. The predicted molar refractivity (Wildman–Crippen MR) is 92.6 cm³/mol. The zero-order valence-electron chi connectivity index (χ0n) is 14.3. The van der Waals surface area contributed by atoms with Gasteiger partial charge in [-0.2, -0.15) is 0 Å². The number of hydrogen-bond donors (Lipinski definition) is 2. The summed E-state index contributed by atoms with van der Waals surface area (Å²) in [4.78, 5) is 4.78. The number of aliphatic imine (C=N–C) groups is 1. The van der Waals surface area contributed by atoms with Crippen LogP contribution in [0.15, 0.2) is 23.2 Å². The lowest BCUT2D eigenvalue weighted by molar-refractivity contribution is 0.171. The molecule has 1 aliphatic carbocycles. The highest BCUT2D eigenvalue weighted by molar-refractivity contribution is 5.80. The Bertz CT molecular complexity index is 580. The van der Waals surface area contributed by atoms with Gasteiger partial charge in [-0.1, -0.05) is 19.9 Å². The van der Waals surface area contributed by atoms with Crippen LogP contribution in [0.5, 0.6) is 11.5 Å². The summed E-state index contributed by atoms with van der Waals surface area (Å²) in [6.07, 6.45) is 2.49. The van der Waals surface area contributed by atoms with Crippen molar-refractivity contribution in [3.8, 4) is 11.5 Å². The van der Waals surface area contributed by atoms with E-state index in [9.17, 15) is 0 Å². The summed E-state index contributed by atoms with van der Waals surface area (Å²) in [6, 6.07) is 6.81. The zero-order chi connectivity index (χ0) is 16.3. The fourth-order valence-electron chi connectivity index (χ4n) is 2.57. The Hall–Kier alpha value is -1.91. The molecule has 5 heteroatoms. The Morgan fingerprint density at radius 1 is 1.22 bits per heavy atom. The van der Waals surface area contributed by atoms with E-state index in [1.807, 2.05) is 6.07 Å². The van der Waals surface area contributed by atoms with Crippen LogP contribution in [-0.2, 0) is 5.41 Å². The van der Waals surface area contributed by atoms with Gasteiger partial charge in [-0.3, -0.25) is 4.99 Å². The third kappa shape index (κ3) is 4.09. The smallest absolute Gasteiger partial charge is 0.191 e. The van der Waals surface area contributed by atoms with Crippen molar-refractivity contribution >= 4 is 5.96 Å². The van der Waals surface area contributed by atoms with Gasteiger partial charge in [-0.15, -0.1) is 0 Å². The van der Waals surface area contributed by atoms with Gasteiger partial charge in [-0.25, -0.2) is 0 Å². The van der Waals surface area contributed by atoms with Crippen molar-refractivity contribution in [3.63, 3.8) is 0 Å². The summed E-state index contributed by atoms with van der Waals surface area (Å²) >= 11 is 0. The fourth-order valence-corrected chi connectivity index (χ4v) is 2.57. The monoisotopic (exact) mass is 317 g/mol. The van der Waals surface area contributed by atoms with Gasteiger partial charge in [0.1, 0.15) is 13.2 Å². The lowest BCUT2D eigenvalue weighted by Crippen LogP contribution is -2.39. The quantitative estimate of drug-likeness (QED) is 0.647. The van der Waals surface area contributed by atoms with Crippen LogP contribution in [0.25, 0.3) is 0 Å². The maximum Gasteiger partial charge on any atom is 0.191 e. The highest BCUT2D eigenvalue weighted by atomic mass is 16.6. The molecule has 0 spiro atoms.